The van der Waals surface area contributed by atoms with Crippen LogP contribution in [0.2, 0.25) is 0 Å². The van der Waals surface area contributed by atoms with Crippen LogP contribution in [0, 0.1) is 0 Å². The molecule has 1 unspecified atom stereocenters. The molecule has 1 atom stereocenters. The van der Waals surface area contributed by atoms with Crippen molar-refractivity contribution in [2.75, 3.05) is 12.8 Å². The van der Waals surface area contributed by atoms with Crippen LogP contribution in [0.25, 0.3) is 0 Å². The number of thiophene rings is 1. The molecule has 2 aromatic rings. The molecule has 3 N–H and O–H groups in total. The Morgan fingerprint density at radius 2 is 2.14 bits per heavy atom. The van der Waals surface area contributed by atoms with E-state index in [1.165, 1.54) is 30.6 Å². The molecule has 7 heteroatoms. The molecular formula is C14H18N2O3S2. The van der Waals surface area contributed by atoms with Crippen LogP contribution >= 0.6 is 11.3 Å². The maximum absolute atomic E-state index is 12.6. The average molecular weight is 326 g/mol. The lowest BCUT2D eigenvalue weighted by molar-refractivity contribution is 0.402. The van der Waals surface area contributed by atoms with E-state index in [1.54, 1.807) is 6.07 Å². The van der Waals surface area contributed by atoms with Crippen molar-refractivity contribution in [1.82, 2.24) is 4.72 Å². The third kappa shape index (κ3) is 3.55. The van der Waals surface area contributed by atoms with Crippen molar-refractivity contribution in [3.05, 3.63) is 40.6 Å². The molecule has 0 aliphatic rings. The topological polar surface area (TPSA) is 81.4 Å². The van der Waals surface area contributed by atoms with Crippen LogP contribution < -0.4 is 15.2 Å². The summed E-state index contributed by atoms with van der Waals surface area (Å²) in [5.74, 6) is 0.239. The predicted molar refractivity (Wildman–Crippen MR) is 85.1 cm³/mol. The van der Waals surface area contributed by atoms with Crippen LogP contribution in [0.3, 0.4) is 0 Å². The Kier molecular flexibility index (Phi) is 4.87. The Labute approximate surface area is 128 Å². The number of anilines is 1. The molecule has 1 aromatic carbocycles. The van der Waals surface area contributed by atoms with E-state index in [9.17, 15) is 8.42 Å². The van der Waals surface area contributed by atoms with Crippen molar-refractivity contribution >= 4 is 27.0 Å². The first kappa shape index (κ1) is 15.8. The molecule has 0 amide bonds. The fraction of sp³-hybridized carbons (Fsp3) is 0.286. The number of rotatable bonds is 6. The van der Waals surface area contributed by atoms with E-state index in [1.807, 2.05) is 24.4 Å². The van der Waals surface area contributed by atoms with Crippen molar-refractivity contribution in [3.63, 3.8) is 0 Å². The molecule has 5 nitrogen and oxygen atoms in total. The van der Waals surface area contributed by atoms with Gasteiger partial charge >= 0.3 is 0 Å². The molecule has 1 heterocycles. The van der Waals surface area contributed by atoms with E-state index in [4.69, 9.17) is 10.5 Å². The fourth-order valence-electron chi connectivity index (χ4n) is 1.99. The first-order chi connectivity index (χ1) is 9.97. The molecule has 0 radical (unpaired) electrons. The minimum atomic E-state index is -3.68. The highest BCUT2D eigenvalue weighted by Crippen LogP contribution is 2.29. The van der Waals surface area contributed by atoms with Crippen LogP contribution in [-0.2, 0) is 10.0 Å². The normalized spacial score (nSPS) is 13.0. The Morgan fingerprint density at radius 1 is 1.38 bits per heavy atom. The van der Waals surface area contributed by atoms with E-state index < -0.39 is 10.0 Å². The molecule has 0 bridgehead atoms. The lowest BCUT2D eigenvalue weighted by Gasteiger charge is -2.17. The summed E-state index contributed by atoms with van der Waals surface area (Å²) >= 11 is 1.53. The van der Waals surface area contributed by atoms with Crippen LogP contribution in [-0.4, -0.2) is 15.5 Å². The number of methoxy groups -OCH3 is 1. The predicted octanol–water partition coefficient (Wildman–Crippen LogP) is 2.77. The zero-order chi connectivity index (χ0) is 15.5. The standard InChI is InChI=1S/C14H18N2O3S2/c1-3-11(13-5-4-8-20-13)16-21(17,18)14-7-6-10(15)9-12(14)19-2/h4-9,11,16H,3,15H2,1-2H3. The second kappa shape index (κ2) is 6.46. The summed E-state index contributed by atoms with van der Waals surface area (Å²) in [6.45, 7) is 1.94. The lowest BCUT2D eigenvalue weighted by Crippen LogP contribution is -2.28. The maximum Gasteiger partial charge on any atom is 0.244 e. The van der Waals surface area contributed by atoms with Gasteiger partial charge in [-0.25, -0.2) is 13.1 Å². The van der Waals surface area contributed by atoms with Gasteiger partial charge in [0.15, 0.2) is 0 Å². The van der Waals surface area contributed by atoms with Gasteiger partial charge in [-0.05, 0) is 30.0 Å². The van der Waals surface area contributed by atoms with Crippen LogP contribution in [0.1, 0.15) is 24.3 Å². The molecule has 0 fully saturated rings. The van der Waals surface area contributed by atoms with Gasteiger partial charge in [0, 0.05) is 16.6 Å². The number of ether oxygens (including phenoxy) is 1. The van der Waals surface area contributed by atoms with Gasteiger partial charge in [-0.2, -0.15) is 0 Å². The van der Waals surface area contributed by atoms with Crippen LogP contribution in [0.15, 0.2) is 40.6 Å². The third-order valence-electron chi connectivity index (χ3n) is 3.07. The summed E-state index contributed by atoms with van der Waals surface area (Å²) in [5.41, 5.74) is 6.11. The zero-order valence-corrected chi connectivity index (χ0v) is 13.5. The van der Waals surface area contributed by atoms with Gasteiger partial charge in [-0.15, -0.1) is 11.3 Å². The highest BCUT2D eigenvalue weighted by atomic mass is 32.2. The van der Waals surface area contributed by atoms with Gasteiger partial charge in [0.05, 0.1) is 13.2 Å². The Bertz CT molecular complexity index is 697. The summed E-state index contributed by atoms with van der Waals surface area (Å²) < 4.78 is 33.0. The van der Waals surface area contributed by atoms with Crippen molar-refractivity contribution in [2.45, 2.75) is 24.3 Å². The molecule has 0 saturated carbocycles. The smallest absolute Gasteiger partial charge is 0.244 e. The van der Waals surface area contributed by atoms with Crippen LogP contribution in [0.4, 0.5) is 5.69 Å². The summed E-state index contributed by atoms with van der Waals surface area (Å²) in [7, 11) is -2.26. The molecule has 0 saturated heterocycles. The largest absolute Gasteiger partial charge is 0.495 e. The van der Waals surface area contributed by atoms with Gasteiger partial charge in [0.2, 0.25) is 10.0 Å². The van der Waals surface area contributed by atoms with Gasteiger partial charge < -0.3 is 10.5 Å². The van der Waals surface area contributed by atoms with Gasteiger partial charge in [0.25, 0.3) is 0 Å². The molecule has 0 aliphatic heterocycles. The molecular weight excluding hydrogens is 308 g/mol. The third-order valence-corrected chi connectivity index (χ3v) is 5.57. The second-order valence-electron chi connectivity index (χ2n) is 4.51. The molecule has 2 rings (SSSR count). The lowest BCUT2D eigenvalue weighted by atomic mass is 10.2. The SMILES string of the molecule is CCC(NS(=O)(=O)c1ccc(N)cc1OC)c1cccs1. The van der Waals surface area contributed by atoms with Crippen molar-refractivity contribution < 1.29 is 13.2 Å². The summed E-state index contributed by atoms with van der Waals surface area (Å²) in [6.07, 6.45) is 0.664. The van der Waals surface area contributed by atoms with E-state index in [0.29, 0.717) is 12.1 Å². The molecule has 1 aromatic heterocycles. The fourth-order valence-corrected chi connectivity index (χ4v) is 4.37. The Hall–Kier alpha value is -1.57. The molecule has 114 valence electrons. The van der Waals surface area contributed by atoms with E-state index >= 15 is 0 Å². The maximum atomic E-state index is 12.6. The van der Waals surface area contributed by atoms with E-state index in [2.05, 4.69) is 4.72 Å². The summed E-state index contributed by atoms with van der Waals surface area (Å²) in [6, 6.07) is 8.07. The zero-order valence-electron chi connectivity index (χ0n) is 11.9. The number of hydrogen-bond donors (Lipinski definition) is 2. The van der Waals surface area contributed by atoms with E-state index in [-0.39, 0.29) is 16.7 Å². The summed E-state index contributed by atoms with van der Waals surface area (Å²) in [4.78, 5) is 1.07. The molecule has 0 spiro atoms. The van der Waals surface area contributed by atoms with Crippen LogP contribution in [0.5, 0.6) is 5.75 Å². The average Bonchev–Trinajstić information content (AvgIpc) is 2.98. The first-order valence-electron chi connectivity index (χ1n) is 6.47. The number of sulfonamides is 1. The minimum Gasteiger partial charge on any atom is -0.495 e. The highest BCUT2D eigenvalue weighted by Gasteiger charge is 2.24. The number of nitrogen functional groups attached to an aromatic ring is 1. The quantitative estimate of drug-likeness (QED) is 0.800. The van der Waals surface area contributed by atoms with Gasteiger partial charge in [-0.1, -0.05) is 13.0 Å². The Morgan fingerprint density at radius 3 is 2.71 bits per heavy atom. The second-order valence-corrected chi connectivity index (χ2v) is 7.17. The summed E-state index contributed by atoms with van der Waals surface area (Å²) in [5, 5.41) is 1.93. The first-order valence-corrected chi connectivity index (χ1v) is 8.83. The van der Waals surface area contributed by atoms with Crippen molar-refractivity contribution in [3.8, 4) is 5.75 Å². The number of nitrogens with one attached hydrogen (secondary N) is 1. The van der Waals surface area contributed by atoms with E-state index in [0.717, 1.165) is 4.88 Å². The number of benzene rings is 1. The highest BCUT2D eigenvalue weighted by molar-refractivity contribution is 7.89. The van der Waals surface area contributed by atoms with Gasteiger partial charge in [-0.3, -0.25) is 0 Å². The van der Waals surface area contributed by atoms with Crippen molar-refractivity contribution in [1.29, 1.82) is 0 Å². The number of nitrogens with two attached hydrogens (primary N) is 1. The van der Waals surface area contributed by atoms with Gasteiger partial charge in [0.1, 0.15) is 10.6 Å². The monoisotopic (exact) mass is 326 g/mol. The minimum absolute atomic E-state index is 0.0919. The Balaban J connectivity index is 2.34. The number of hydrogen-bond acceptors (Lipinski definition) is 5. The van der Waals surface area contributed by atoms with Crippen molar-refractivity contribution in [2.24, 2.45) is 0 Å². The molecule has 0 aliphatic carbocycles. The molecule has 21 heavy (non-hydrogen) atoms.